The van der Waals surface area contributed by atoms with E-state index in [0.717, 1.165) is 17.8 Å². The Hall–Kier alpha value is 0.220. The Kier molecular flexibility index (Phi) is 0.293. The first-order valence-corrected chi connectivity index (χ1v) is 4.49. The zero-order valence-electron chi connectivity index (χ0n) is 5.22. The molecule has 0 amide bonds. The Balaban J connectivity index is 1.89. The second-order valence-corrected chi connectivity index (χ2v) is 5.47. The molecule has 0 aliphatic heterocycles. The Morgan fingerprint density at radius 3 is 2.00 bits per heavy atom. The van der Waals surface area contributed by atoms with Gasteiger partial charge in [0.1, 0.15) is 5.67 Å². The lowest BCUT2D eigenvalue weighted by atomic mass is 9.00. The molecular formula is C8H6ClF. The third kappa shape index (κ3) is 0.118. The highest BCUT2D eigenvalue weighted by molar-refractivity contribution is 6.28. The molecule has 0 N–H and O–H groups in total. The minimum atomic E-state index is -0.703. The standard InChI is InChI=1S/C8H6ClF/c9-7-3-1-4-2(3)6(7)8(4,10)5(1)7/h1-6H. The molecule has 0 radical (unpaired) electrons. The average Bonchev–Trinajstić information content (AvgIpc) is 1.86. The molecular weight excluding hydrogens is 151 g/mol. The Morgan fingerprint density at radius 2 is 1.70 bits per heavy atom. The molecule has 6 fully saturated rings. The van der Waals surface area contributed by atoms with E-state index < -0.39 is 5.67 Å². The monoisotopic (exact) mass is 156 g/mol. The number of hydrogen-bond donors (Lipinski definition) is 0. The number of hydrogen-bond acceptors (Lipinski definition) is 0. The quantitative estimate of drug-likeness (QED) is 0.466. The van der Waals surface area contributed by atoms with Gasteiger partial charge < -0.3 is 0 Å². The van der Waals surface area contributed by atoms with E-state index in [1.165, 1.54) is 0 Å². The normalized spacial score (nSPS) is 104. The van der Waals surface area contributed by atoms with Gasteiger partial charge in [0, 0.05) is 17.8 Å². The van der Waals surface area contributed by atoms with E-state index in [-0.39, 0.29) is 4.87 Å². The molecule has 0 saturated heterocycles. The molecule has 2 heteroatoms. The zero-order valence-corrected chi connectivity index (χ0v) is 5.98. The fourth-order valence-corrected chi connectivity index (χ4v) is 6.24. The lowest BCUT2D eigenvalue weighted by Gasteiger charge is -3.07. The van der Waals surface area contributed by atoms with E-state index >= 15 is 0 Å². The lowest BCUT2D eigenvalue weighted by molar-refractivity contribution is -0.588. The topological polar surface area (TPSA) is 0 Å². The first kappa shape index (κ1) is 4.30. The summed E-state index contributed by atoms with van der Waals surface area (Å²) in [6.45, 7) is 0. The zero-order chi connectivity index (χ0) is 6.46. The molecule has 4 atom stereocenters. The molecule has 0 bridgehead atoms. The smallest absolute Gasteiger partial charge is 0.124 e. The van der Waals surface area contributed by atoms with Gasteiger partial charge in [0.25, 0.3) is 0 Å². The van der Waals surface area contributed by atoms with Crippen LogP contribution in [-0.2, 0) is 0 Å². The molecule has 0 aromatic heterocycles. The Bertz CT molecular complexity index is 254. The highest BCUT2D eigenvalue weighted by Gasteiger charge is 3.11. The Morgan fingerprint density at radius 1 is 1.10 bits per heavy atom. The summed E-state index contributed by atoms with van der Waals surface area (Å²) in [5, 5.41) is 0. The van der Waals surface area contributed by atoms with Crippen LogP contribution in [0.1, 0.15) is 0 Å². The van der Waals surface area contributed by atoms with E-state index in [0.29, 0.717) is 17.8 Å². The molecule has 52 valence electrons. The summed E-state index contributed by atoms with van der Waals surface area (Å²) in [6, 6.07) is 0. The molecule has 6 aliphatic rings. The first-order chi connectivity index (χ1) is 4.73. The largest absolute Gasteiger partial charge is 0.243 e. The lowest BCUT2D eigenvalue weighted by Crippen LogP contribution is -3.13. The average molecular weight is 157 g/mol. The third-order valence-corrected chi connectivity index (χ3v) is 6.08. The Labute approximate surface area is 62.7 Å². The third-order valence-electron chi connectivity index (χ3n) is 5.36. The van der Waals surface area contributed by atoms with Gasteiger partial charge in [-0.05, 0) is 17.8 Å². The fraction of sp³-hybridized carbons (Fsp3) is 1.00. The molecule has 0 aromatic carbocycles. The van der Waals surface area contributed by atoms with E-state index in [1.54, 1.807) is 0 Å². The van der Waals surface area contributed by atoms with Crippen molar-refractivity contribution >= 4 is 11.6 Å². The summed E-state index contributed by atoms with van der Waals surface area (Å²) < 4.78 is 13.6. The van der Waals surface area contributed by atoms with Crippen molar-refractivity contribution < 1.29 is 4.39 Å². The minimum Gasteiger partial charge on any atom is -0.243 e. The van der Waals surface area contributed by atoms with Gasteiger partial charge in [-0.25, -0.2) is 4.39 Å². The van der Waals surface area contributed by atoms with E-state index in [1.807, 2.05) is 0 Å². The van der Waals surface area contributed by atoms with Crippen LogP contribution >= 0.6 is 11.6 Å². The maximum absolute atomic E-state index is 13.6. The summed E-state index contributed by atoms with van der Waals surface area (Å²) in [5.74, 6) is 3.47. The van der Waals surface area contributed by atoms with Crippen LogP contribution in [0, 0.1) is 35.5 Å². The van der Waals surface area contributed by atoms with Crippen LogP contribution in [0.25, 0.3) is 0 Å². The van der Waals surface area contributed by atoms with Crippen molar-refractivity contribution in [3.8, 4) is 0 Å². The van der Waals surface area contributed by atoms with Gasteiger partial charge in [-0.15, -0.1) is 11.6 Å². The van der Waals surface area contributed by atoms with Crippen LogP contribution in [0.3, 0.4) is 0 Å². The number of halogens is 2. The van der Waals surface area contributed by atoms with Crippen molar-refractivity contribution in [1.82, 2.24) is 0 Å². The molecule has 0 heterocycles. The first-order valence-electron chi connectivity index (χ1n) is 4.11. The molecule has 4 unspecified atom stereocenters. The number of alkyl halides is 2. The highest BCUT2D eigenvalue weighted by Crippen LogP contribution is 3.06. The number of rotatable bonds is 0. The summed E-state index contributed by atoms with van der Waals surface area (Å²) in [4.78, 5) is 0.0266. The fourth-order valence-electron chi connectivity index (χ4n) is 5.33. The highest BCUT2D eigenvalue weighted by atomic mass is 35.5. The van der Waals surface area contributed by atoms with E-state index in [4.69, 9.17) is 11.6 Å². The predicted molar refractivity (Wildman–Crippen MR) is 33.4 cm³/mol. The van der Waals surface area contributed by atoms with Crippen molar-refractivity contribution in [3.05, 3.63) is 0 Å². The van der Waals surface area contributed by atoms with Crippen molar-refractivity contribution in [1.29, 1.82) is 0 Å². The molecule has 0 nitrogen and oxygen atoms in total. The maximum atomic E-state index is 13.6. The predicted octanol–water partition coefficient (Wildman–Crippen LogP) is 1.44. The van der Waals surface area contributed by atoms with E-state index in [9.17, 15) is 4.39 Å². The van der Waals surface area contributed by atoms with Gasteiger partial charge in [-0.1, -0.05) is 0 Å². The summed E-state index contributed by atoms with van der Waals surface area (Å²) >= 11 is 6.23. The van der Waals surface area contributed by atoms with Crippen LogP contribution in [0.2, 0.25) is 0 Å². The van der Waals surface area contributed by atoms with Crippen molar-refractivity contribution in [2.24, 2.45) is 35.5 Å². The van der Waals surface area contributed by atoms with Crippen LogP contribution in [0.5, 0.6) is 0 Å². The summed E-state index contributed by atoms with van der Waals surface area (Å²) in [6.07, 6.45) is 0. The molecule has 10 heavy (non-hydrogen) atoms. The van der Waals surface area contributed by atoms with Crippen LogP contribution in [0.4, 0.5) is 4.39 Å². The molecule has 0 aromatic rings. The van der Waals surface area contributed by atoms with Gasteiger partial charge in [0.15, 0.2) is 0 Å². The van der Waals surface area contributed by atoms with Crippen molar-refractivity contribution in [3.63, 3.8) is 0 Å². The SMILES string of the molecule is FC12C3C4C5C3C1C5(Cl)C42. The minimum absolute atomic E-state index is 0.0266. The van der Waals surface area contributed by atoms with Gasteiger partial charge >= 0.3 is 0 Å². The van der Waals surface area contributed by atoms with Crippen molar-refractivity contribution in [2.45, 2.75) is 10.5 Å². The van der Waals surface area contributed by atoms with Gasteiger partial charge in [-0.3, -0.25) is 0 Å². The molecule has 6 saturated carbocycles. The van der Waals surface area contributed by atoms with Gasteiger partial charge in [-0.2, -0.15) is 0 Å². The van der Waals surface area contributed by atoms with Crippen LogP contribution in [-0.4, -0.2) is 10.5 Å². The molecule has 6 aliphatic carbocycles. The molecule has 6 rings (SSSR count). The second kappa shape index (κ2) is 0.682. The van der Waals surface area contributed by atoms with Gasteiger partial charge in [0.05, 0.1) is 4.87 Å². The second-order valence-electron chi connectivity index (χ2n) is 4.82. The molecule has 0 spiro atoms. The van der Waals surface area contributed by atoms with Crippen molar-refractivity contribution in [2.75, 3.05) is 0 Å². The van der Waals surface area contributed by atoms with Gasteiger partial charge in [0.2, 0.25) is 0 Å². The summed E-state index contributed by atoms with van der Waals surface area (Å²) in [5.41, 5.74) is -0.703. The van der Waals surface area contributed by atoms with E-state index in [2.05, 4.69) is 0 Å². The van der Waals surface area contributed by atoms with Crippen LogP contribution < -0.4 is 0 Å². The summed E-state index contributed by atoms with van der Waals surface area (Å²) in [7, 11) is 0. The maximum Gasteiger partial charge on any atom is 0.124 e. The van der Waals surface area contributed by atoms with Crippen LogP contribution in [0.15, 0.2) is 0 Å².